The van der Waals surface area contributed by atoms with E-state index in [1.807, 2.05) is 13.8 Å². The quantitative estimate of drug-likeness (QED) is 0.784. The van der Waals surface area contributed by atoms with Crippen molar-refractivity contribution in [2.75, 3.05) is 7.11 Å². The number of nitrogens with zero attached hydrogens (tertiary/aromatic N) is 2. The Kier molecular flexibility index (Phi) is 3.95. The maximum absolute atomic E-state index is 9.89. The van der Waals surface area contributed by atoms with Crippen LogP contribution in [0, 0.1) is 0 Å². The number of hydrogen-bond donors (Lipinski definition) is 1. The van der Waals surface area contributed by atoms with E-state index in [4.69, 9.17) is 4.74 Å². The predicted molar refractivity (Wildman–Crippen MR) is 54.3 cm³/mol. The fourth-order valence-corrected chi connectivity index (χ4v) is 1.53. The maximum Gasteiger partial charge on any atom is 0.162 e. The summed E-state index contributed by atoms with van der Waals surface area (Å²) >= 11 is 0. The van der Waals surface area contributed by atoms with Crippen molar-refractivity contribution < 1.29 is 9.84 Å². The number of aliphatic hydroxyl groups is 1. The van der Waals surface area contributed by atoms with Crippen LogP contribution in [0.1, 0.15) is 38.5 Å². The highest BCUT2D eigenvalue weighted by Crippen LogP contribution is 2.27. The number of hydrogen-bond acceptors (Lipinski definition) is 3. The smallest absolute Gasteiger partial charge is 0.162 e. The molecule has 0 fully saturated rings. The monoisotopic (exact) mass is 198 g/mol. The van der Waals surface area contributed by atoms with Crippen molar-refractivity contribution in [3.8, 4) is 5.75 Å². The van der Waals surface area contributed by atoms with E-state index in [0.717, 1.165) is 25.1 Å². The standard InChI is InChI=1S/C10H18N2O2/c1-4-6-8(13)10-9(14-3)7-11-12(10)5-2/h7-8,13H,4-6H2,1-3H3. The Labute approximate surface area is 84.5 Å². The second-order valence-corrected chi connectivity index (χ2v) is 3.22. The molecule has 1 aromatic heterocycles. The lowest BCUT2D eigenvalue weighted by molar-refractivity contribution is 0.151. The Bertz CT molecular complexity index is 262. The molecule has 1 heterocycles. The molecule has 0 saturated carbocycles. The summed E-state index contributed by atoms with van der Waals surface area (Å²) in [5, 5.41) is 14.0. The fourth-order valence-electron chi connectivity index (χ4n) is 1.53. The minimum absolute atomic E-state index is 0.475. The molecule has 0 amide bonds. The van der Waals surface area contributed by atoms with Crippen molar-refractivity contribution in [1.29, 1.82) is 0 Å². The summed E-state index contributed by atoms with van der Waals surface area (Å²) in [7, 11) is 1.60. The normalized spacial score (nSPS) is 12.9. The van der Waals surface area contributed by atoms with E-state index in [-0.39, 0.29) is 0 Å². The molecule has 0 saturated heterocycles. The van der Waals surface area contributed by atoms with E-state index < -0.39 is 6.10 Å². The molecule has 0 spiro atoms. The summed E-state index contributed by atoms with van der Waals surface area (Å²) in [5.74, 6) is 0.674. The van der Waals surface area contributed by atoms with Crippen LogP contribution < -0.4 is 4.74 Å². The largest absolute Gasteiger partial charge is 0.493 e. The zero-order valence-electron chi connectivity index (χ0n) is 9.03. The molecule has 1 N–H and O–H groups in total. The van der Waals surface area contributed by atoms with Gasteiger partial charge in [-0.1, -0.05) is 13.3 Å². The minimum atomic E-state index is -0.475. The summed E-state index contributed by atoms with van der Waals surface area (Å²) < 4.78 is 6.93. The minimum Gasteiger partial charge on any atom is -0.493 e. The van der Waals surface area contributed by atoms with Gasteiger partial charge in [-0.3, -0.25) is 4.68 Å². The van der Waals surface area contributed by atoms with Crippen LogP contribution >= 0.6 is 0 Å². The van der Waals surface area contributed by atoms with Crippen molar-refractivity contribution >= 4 is 0 Å². The average molecular weight is 198 g/mol. The van der Waals surface area contributed by atoms with Gasteiger partial charge in [0.15, 0.2) is 5.75 Å². The first-order chi connectivity index (χ1) is 6.74. The first-order valence-electron chi connectivity index (χ1n) is 5.02. The molecule has 0 aromatic carbocycles. The van der Waals surface area contributed by atoms with Crippen LogP contribution in [0.4, 0.5) is 0 Å². The molecule has 0 bridgehead atoms. The Balaban J connectivity index is 2.95. The van der Waals surface area contributed by atoms with Crippen molar-refractivity contribution in [1.82, 2.24) is 9.78 Å². The Morgan fingerprint density at radius 3 is 2.79 bits per heavy atom. The Morgan fingerprint density at radius 1 is 1.57 bits per heavy atom. The number of methoxy groups -OCH3 is 1. The second kappa shape index (κ2) is 5.00. The molecule has 14 heavy (non-hydrogen) atoms. The maximum atomic E-state index is 9.89. The molecule has 1 unspecified atom stereocenters. The van der Waals surface area contributed by atoms with E-state index >= 15 is 0 Å². The molecule has 1 atom stereocenters. The molecular formula is C10H18N2O2. The van der Waals surface area contributed by atoms with Crippen molar-refractivity contribution in [3.05, 3.63) is 11.9 Å². The van der Waals surface area contributed by atoms with E-state index in [0.29, 0.717) is 5.75 Å². The van der Waals surface area contributed by atoms with Crippen molar-refractivity contribution in [2.45, 2.75) is 39.3 Å². The van der Waals surface area contributed by atoms with Crippen LogP contribution in [-0.2, 0) is 6.54 Å². The molecule has 0 aliphatic heterocycles. The van der Waals surface area contributed by atoms with Gasteiger partial charge in [0.05, 0.1) is 19.4 Å². The van der Waals surface area contributed by atoms with Gasteiger partial charge in [-0.15, -0.1) is 0 Å². The number of rotatable bonds is 5. The van der Waals surface area contributed by atoms with Crippen LogP contribution in [0.15, 0.2) is 6.20 Å². The topological polar surface area (TPSA) is 47.3 Å². The highest BCUT2D eigenvalue weighted by molar-refractivity contribution is 5.27. The number of aryl methyl sites for hydroxylation is 1. The molecule has 1 rings (SSSR count). The SMILES string of the molecule is CCCC(O)c1c(OC)cnn1CC. The van der Waals surface area contributed by atoms with Crippen LogP contribution in [0.2, 0.25) is 0 Å². The van der Waals surface area contributed by atoms with Gasteiger partial charge < -0.3 is 9.84 Å². The third kappa shape index (κ3) is 2.07. The van der Waals surface area contributed by atoms with Gasteiger partial charge in [0.1, 0.15) is 5.69 Å². The molecular weight excluding hydrogens is 180 g/mol. The zero-order chi connectivity index (χ0) is 10.6. The lowest BCUT2D eigenvalue weighted by Crippen LogP contribution is -2.08. The number of aromatic nitrogens is 2. The summed E-state index contributed by atoms with van der Waals surface area (Å²) in [4.78, 5) is 0. The van der Waals surface area contributed by atoms with Gasteiger partial charge in [0, 0.05) is 6.54 Å². The summed E-state index contributed by atoms with van der Waals surface area (Å²) in [6, 6.07) is 0. The van der Waals surface area contributed by atoms with Crippen molar-refractivity contribution in [2.24, 2.45) is 0 Å². The molecule has 0 aliphatic rings. The van der Waals surface area contributed by atoms with Crippen LogP contribution in [0.5, 0.6) is 5.75 Å². The lowest BCUT2D eigenvalue weighted by atomic mass is 10.1. The van der Waals surface area contributed by atoms with Gasteiger partial charge in [-0.25, -0.2) is 0 Å². The summed E-state index contributed by atoms with van der Waals surface area (Å²) in [6.07, 6.45) is 2.86. The highest BCUT2D eigenvalue weighted by Gasteiger charge is 2.18. The Morgan fingerprint density at radius 2 is 2.29 bits per heavy atom. The van der Waals surface area contributed by atoms with Crippen LogP contribution in [0.3, 0.4) is 0 Å². The van der Waals surface area contributed by atoms with Crippen LogP contribution in [-0.4, -0.2) is 22.0 Å². The van der Waals surface area contributed by atoms with E-state index in [9.17, 15) is 5.11 Å². The van der Waals surface area contributed by atoms with E-state index in [1.165, 1.54) is 0 Å². The van der Waals surface area contributed by atoms with Crippen LogP contribution in [0.25, 0.3) is 0 Å². The third-order valence-corrected chi connectivity index (χ3v) is 2.24. The Hall–Kier alpha value is -1.03. The van der Waals surface area contributed by atoms with Gasteiger partial charge in [0.25, 0.3) is 0 Å². The number of aliphatic hydroxyl groups excluding tert-OH is 1. The van der Waals surface area contributed by atoms with Gasteiger partial charge in [0.2, 0.25) is 0 Å². The third-order valence-electron chi connectivity index (χ3n) is 2.24. The van der Waals surface area contributed by atoms with Crippen molar-refractivity contribution in [3.63, 3.8) is 0 Å². The summed E-state index contributed by atoms with van der Waals surface area (Å²) in [5.41, 5.74) is 0.789. The van der Waals surface area contributed by atoms with E-state index in [2.05, 4.69) is 5.10 Å². The van der Waals surface area contributed by atoms with Gasteiger partial charge in [-0.05, 0) is 13.3 Å². The second-order valence-electron chi connectivity index (χ2n) is 3.22. The van der Waals surface area contributed by atoms with Gasteiger partial charge in [-0.2, -0.15) is 5.10 Å². The molecule has 80 valence electrons. The lowest BCUT2D eigenvalue weighted by Gasteiger charge is -2.12. The predicted octanol–water partition coefficient (Wildman–Crippen LogP) is 1.75. The zero-order valence-corrected chi connectivity index (χ0v) is 9.03. The first-order valence-corrected chi connectivity index (χ1v) is 5.02. The highest BCUT2D eigenvalue weighted by atomic mass is 16.5. The fraction of sp³-hybridized carbons (Fsp3) is 0.700. The summed E-state index contributed by atoms with van der Waals surface area (Å²) in [6.45, 7) is 4.79. The molecule has 0 aliphatic carbocycles. The molecule has 0 radical (unpaired) electrons. The van der Waals surface area contributed by atoms with E-state index in [1.54, 1.807) is 18.0 Å². The first kappa shape index (κ1) is 11.0. The molecule has 4 heteroatoms. The molecule has 1 aromatic rings. The van der Waals surface area contributed by atoms with Gasteiger partial charge >= 0.3 is 0 Å². The average Bonchev–Trinajstić information content (AvgIpc) is 2.60. The number of ether oxygens (including phenoxy) is 1. The molecule has 4 nitrogen and oxygen atoms in total.